The molecule has 2 rings (SSSR count). The van der Waals surface area contributed by atoms with Gasteiger partial charge in [0.05, 0.1) is 6.42 Å². The van der Waals surface area contributed by atoms with Crippen molar-refractivity contribution in [3.05, 3.63) is 58.9 Å². The Hall–Kier alpha value is -1.87. The van der Waals surface area contributed by atoms with Crippen molar-refractivity contribution < 1.29 is 14.3 Å². The van der Waals surface area contributed by atoms with Gasteiger partial charge in [0.1, 0.15) is 5.82 Å². The molecule has 0 atom stereocenters. The number of rotatable bonds is 3. The van der Waals surface area contributed by atoms with Gasteiger partial charge in [-0.25, -0.2) is 4.39 Å². The highest BCUT2D eigenvalue weighted by Gasteiger charge is 2.07. The van der Waals surface area contributed by atoms with Crippen molar-refractivity contribution in [3.8, 4) is 11.1 Å². The largest absolute Gasteiger partial charge is 0.481 e. The minimum atomic E-state index is -0.902. The molecule has 2 aromatic carbocycles. The Bertz CT molecular complexity index is 579. The van der Waals surface area contributed by atoms with Crippen molar-refractivity contribution in [1.29, 1.82) is 0 Å². The molecule has 2 aromatic rings. The van der Waals surface area contributed by atoms with E-state index in [2.05, 4.69) is 0 Å². The van der Waals surface area contributed by atoms with Crippen molar-refractivity contribution >= 4 is 17.6 Å². The lowest BCUT2D eigenvalue weighted by molar-refractivity contribution is -0.136. The van der Waals surface area contributed by atoms with Crippen LogP contribution < -0.4 is 0 Å². The molecule has 0 aliphatic rings. The fourth-order valence-corrected chi connectivity index (χ4v) is 2.02. The lowest BCUT2D eigenvalue weighted by atomic mass is 10.0. The first-order chi connectivity index (χ1) is 8.56. The summed E-state index contributed by atoms with van der Waals surface area (Å²) >= 11 is 6.10. The molecule has 100 valence electrons. The summed E-state index contributed by atoms with van der Waals surface area (Å²) in [6.07, 6.45) is -0.0661. The summed E-state index contributed by atoms with van der Waals surface area (Å²) in [6.45, 7) is 0. The van der Waals surface area contributed by atoms with E-state index in [0.29, 0.717) is 10.6 Å². The quantitative estimate of drug-likeness (QED) is 0.904. The molecule has 0 saturated heterocycles. The maximum atomic E-state index is 12.8. The second-order valence-electron chi connectivity index (χ2n) is 3.89. The molecule has 19 heavy (non-hydrogen) atoms. The maximum absolute atomic E-state index is 12.8. The number of hydrogen-bond donors (Lipinski definition) is 1. The molecule has 2 nitrogen and oxygen atoms in total. The van der Waals surface area contributed by atoms with Crippen LogP contribution in [0.25, 0.3) is 11.1 Å². The van der Waals surface area contributed by atoms with Crippen LogP contribution in [0.2, 0.25) is 5.02 Å². The lowest BCUT2D eigenvalue weighted by Crippen LogP contribution is -1.99. The Morgan fingerprint density at radius 1 is 1.16 bits per heavy atom. The highest BCUT2D eigenvalue weighted by atomic mass is 35.5. The van der Waals surface area contributed by atoms with Gasteiger partial charge in [-0.05, 0) is 29.3 Å². The van der Waals surface area contributed by atoms with Gasteiger partial charge in [0, 0.05) is 10.6 Å². The third-order valence-corrected chi connectivity index (χ3v) is 2.86. The van der Waals surface area contributed by atoms with Gasteiger partial charge in [-0.2, -0.15) is 0 Å². The van der Waals surface area contributed by atoms with Gasteiger partial charge < -0.3 is 5.11 Å². The Balaban J connectivity index is 0.00000180. The van der Waals surface area contributed by atoms with Crippen LogP contribution in [-0.4, -0.2) is 11.1 Å². The van der Waals surface area contributed by atoms with E-state index in [1.54, 1.807) is 30.3 Å². The summed E-state index contributed by atoms with van der Waals surface area (Å²) in [5.41, 5.74) is 2.19. The summed E-state index contributed by atoms with van der Waals surface area (Å²) in [5, 5.41) is 9.15. The standard InChI is InChI=1S/C14H10ClFO2.CH4/c15-13-7-9(8-14(17)18)1-6-12(13)10-2-4-11(16)5-3-10;/h1-7H,8H2,(H,17,18);1H4. The van der Waals surface area contributed by atoms with E-state index in [-0.39, 0.29) is 19.7 Å². The van der Waals surface area contributed by atoms with Gasteiger partial charge in [-0.15, -0.1) is 0 Å². The molecule has 0 aromatic heterocycles. The van der Waals surface area contributed by atoms with Crippen molar-refractivity contribution in [2.75, 3.05) is 0 Å². The van der Waals surface area contributed by atoms with E-state index < -0.39 is 5.97 Å². The highest BCUT2D eigenvalue weighted by molar-refractivity contribution is 6.33. The van der Waals surface area contributed by atoms with Crippen LogP contribution in [0.3, 0.4) is 0 Å². The molecule has 0 unspecified atom stereocenters. The Kier molecular flexibility index (Phi) is 5.07. The smallest absolute Gasteiger partial charge is 0.307 e. The fraction of sp³-hybridized carbons (Fsp3) is 0.133. The zero-order valence-corrected chi connectivity index (χ0v) is 10.1. The molecule has 1 N–H and O–H groups in total. The minimum absolute atomic E-state index is 0. The molecule has 0 bridgehead atoms. The van der Waals surface area contributed by atoms with E-state index in [1.807, 2.05) is 0 Å². The molecular weight excluding hydrogens is 267 g/mol. The highest BCUT2D eigenvalue weighted by Crippen LogP contribution is 2.29. The number of hydrogen-bond acceptors (Lipinski definition) is 1. The zero-order valence-electron chi connectivity index (χ0n) is 9.36. The molecule has 0 aliphatic carbocycles. The van der Waals surface area contributed by atoms with Crippen molar-refractivity contribution in [2.45, 2.75) is 13.8 Å². The molecule has 0 saturated carbocycles. The summed E-state index contributed by atoms with van der Waals surface area (Å²) in [4.78, 5) is 10.6. The predicted octanol–water partition coefficient (Wildman–Crippen LogP) is 4.41. The van der Waals surface area contributed by atoms with Gasteiger partial charge in [-0.1, -0.05) is 43.3 Å². The fourth-order valence-electron chi connectivity index (χ4n) is 1.71. The summed E-state index contributed by atoms with van der Waals surface area (Å²) < 4.78 is 12.8. The van der Waals surface area contributed by atoms with E-state index in [0.717, 1.165) is 11.1 Å². The first kappa shape index (κ1) is 15.2. The van der Waals surface area contributed by atoms with E-state index >= 15 is 0 Å². The molecule has 0 amide bonds. The van der Waals surface area contributed by atoms with Crippen LogP contribution in [0.15, 0.2) is 42.5 Å². The number of halogens is 2. The van der Waals surface area contributed by atoms with Crippen LogP contribution in [-0.2, 0) is 11.2 Å². The summed E-state index contributed by atoms with van der Waals surface area (Å²) in [6, 6.07) is 11.1. The zero-order chi connectivity index (χ0) is 13.1. The normalized spacial score (nSPS) is 9.79. The topological polar surface area (TPSA) is 37.3 Å². The van der Waals surface area contributed by atoms with Crippen molar-refractivity contribution in [1.82, 2.24) is 0 Å². The summed E-state index contributed by atoms with van der Waals surface area (Å²) in [5.74, 6) is -1.21. The number of benzene rings is 2. The van der Waals surface area contributed by atoms with Gasteiger partial charge in [0.2, 0.25) is 0 Å². The SMILES string of the molecule is C.O=C(O)Cc1ccc(-c2ccc(F)cc2)c(Cl)c1. The average Bonchev–Trinajstić information content (AvgIpc) is 2.30. The number of carboxylic acid groups (broad SMARTS) is 1. The van der Waals surface area contributed by atoms with E-state index in [4.69, 9.17) is 16.7 Å². The molecular formula is C15H14ClFO2. The van der Waals surface area contributed by atoms with Crippen molar-refractivity contribution in [2.24, 2.45) is 0 Å². The molecule has 0 radical (unpaired) electrons. The number of carbonyl (C=O) groups is 1. The predicted molar refractivity (Wildman–Crippen MR) is 74.9 cm³/mol. The second-order valence-corrected chi connectivity index (χ2v) is 4.30. The average molecular weight is 281 g/mol. The number of aliphatic carboxylic acids is 1. The van der Waals surface area contributed by atoms with Crippen LogP contribution in [0.4, 0.5) is 4.39 Å². The van der Waals surface area contributed by atoms with Crippen LogP contribution in [0.1, 0.15) is 13.0 Å². The van der Waals surface area contributed by atoms with Gasteiger partial charge in [-0.3, -0.25) is 4.79 Å². The monoisotopic (exact) mass is 280 g/mol. The minimum Gasteiger partial charge on any atom is -0.481 e. The van der Waals surface area contributed by atoms with Gasteiger partial charge in [0.25, 0.3) is 0 Å². The molecule has 4 heteroatoms. The van der Waals surface area contributed by atoms with Gasteiger partial charge in [0.15, 0.2) is 0 Å². The Morgan fingerprint density at radius 2 is 1.79 bits per heavy atom. The van der Waals surface area contributed by atoms with Crippen molar-refractivity contribution in [3.63, 3.8) is 0 Å². The molecule has 0 spiro atoms. The molecule has 0 heterocycles. The van der Waals surface area contributed by atoms with Crippen LogP contribution >= 0.6 is 11.6 Å². The third-order valence-electron chi connectivity index (χ3n) is 2.54. The third kappa shape index (κ3) is 3.80. The van der Waals surface area contributed by atoms with E-state index in [9.17, 15) is 9.18 Å². The molecule has 0 aliphatic heterocycles. The Labute approximate surface area is 116 Å². The van der Waals surface area contributed by atoms with Crippen LogP contribution in [0.5, 0.6) is 0 Å². The first-order valence-corrected chi connectivity index (χ1v) is 5.70. The maximum Gasteiger partial charge on any atom is 0.307 e. The lowest BCUT2D eigenvalue weighted by Gasteiger charge is -2.06. The van der Waals surface area contributed by atoms with Crippen LogP contribution in [0, 0.1) is 5.82 Å². The van der Waals surface area contributed by atoms with E-state index in [1.165, 1.54) is 12.1 Å². The number of carboxylic acids is 1. The molecule has 0 fully saturated rings. The second kappa shape index (κ2) is 6.34. The summed E-state index contributed by atoms with van der Waals surface area (Å²) in [7, 11) is 0. The Morgan fingerprint density at radius 3 is 2.32 bits per heavy atom. The first-order valence-electron chi connectivity index (χ1n) is 5.32. The van der Waals surface area contributed by atoms with Gasteiger partial charge >= 0.3 is 5.97 Å².